The molecule has 6 heteroatoms. The normalized spacial score (nSPS) is 11.8. The van der Waals surface area contributed by atoms with Crippen LogP contribution in [-0.4, -0.2) is 32.7 Å². The minimum atomic E-state index is -0.616. The zero-order valence-electron chi connectivity index (χ0n) is 17.8. The minimum Gasteiger partial charge on any atom is -0.497 e. The lowest BCUT2D eigenvalue weighted by molar-refractivity contribution is -0.144. The number of methoxy groups -OCH3 is 2. The van der Waals surface area contributed by atoms with Crippen LogP contribution >= 0.6 is 0 Å². The van der Waals surface area contributed by atoms with Crippen LogP contribution in [0.5, 0.6) is 11.5 Å². The summed E-state index contributed by atoms with van der Waals surface area (Å²) in [6, 6.07) is 19.0. The molecule has 1 N–H and O–H groups in total. The van der Waals surface area contributed by atoms with E-state index in [0.717, 1.165) is 16.3 Å². The maximum absolute atomic E-state index is 12.3. The van der Waals surface area contributed by atoms with E-state index in [1.165, 1.54) is 6.08 Å². The second kappa shape index (κ2) is 10.3. The second-order valence-electron chi connectivity index (χ2n) is 6.94. The average molecular weight is 419 g/mol. The van der Waals surface area contributed by atoms with Gasteiger partial charge in [0.1, 0.15) is 11.5 Å². The van der Waals surface area contributed by atoms with E-state index in [-0.39, 0.29) is 18.6 Å². The number of hydrogen-bond donors (Lipinski definition) is 1. The lowest BCUT2D eigenvalue weighted by Gasteiger charge is -2.16. The van der Waals surface area contributed by atoms with E-state index in [1.54, 1.807) is 38.5 Å². The minimum absolute atomic E-state index is 0.225. The number of fused-ring (bicyclic) bond motifs is 1. The molecule has 0 saturated heterocycles. The Bertz CT molecular complexity index is 1080. The molecule has 160 valence electrons. The Hall–Kier alpha value is -3.80. The lowest BCUT2D eigenvalue weighted by atomic mass is 10.00. The molecule has 0 aliphatic heterocycles. The number of carbonyl (C=O) groups is 2. The van der Waals surface area contributed by atoms with Gasteiger partial charge in [0.25, 0.3) is 5.91 Å². The monoisotopic (exact) mass is 419 g/mol. The number of amides is 1. The Morgan fingerprint density at radius 3 is 2.35 bits per heavy atom. The summed E-state index contributed by atoms with van der Waals surface area (Å²) in [4.78, 5) is 24.3. The molecule has 31 heavy (non-hydrogen) atoms. The van der Waals surface area contributed by atoms with E-state index in [1.807, 2.05) is 49.4 Å². The highest BCUT2D eigenvalue weighted by Crippen LogP contribution is 2.24. The van der Waals surface area contributed by atoms with Crippen molar-refractivity contribution in [2.24, 2.45) is 0 Å². The van der Waals surface area contributed by atoms with Crippen molar-refractivity contribution in [3.8, 4) is 11.5 Å². The molecular formula is C25H25NO5. The van der Waals surface area contributed by atoms with Crippen LogP contribution < -0.4 is 14.8 Å². The predicted octanol–water partition coefficient (Wildman–Crippen LogP) is 4.29. The summed E-state index contributed by atoms with van der Waals surface area (Å²) in [5.74, 6) is 0.225. The molecule has 0 heterocycles. The highest BCUT2D eigenvalue weighted by atomic mass is 16.5. The highest BCUT2D eigenvalue weighted by Gasteiger charge is 2.13. The number of rotatable bonds is 8. The van der Waals surface area contributed by atoms with Crippen molar-refractivity contribution < 1.29 is 23.8 Å². The van der Waals surface area contributed by atoms with Crippen molar-refractivity contribution >= 4 is 28.7 Å². The van der Waals surface area contributed by atoms with E-state index < -0.39 is 5.97 Å². The fourth-order valence-electron chi connectivity index (χ4n) is 3.26. The van der Waals surface area contributed by atoms with Crippen LogP contribution in [-0.2, 0) is 14.3 Å². The highest BCUT2D eigenvalue weighted by molar-refractivity contribution is 5.90. The van der Waals surface area contributed by atoms with Gasteiger partial charge in [-0.3, -0.25) is 4.79 Å². The zero-order chi connectivity index (χ0) is 22.2. The summed E-state index contributed by atoms with van der Waals surface area (Å²) in [5, 5.41) is 5.05. The first kappa shape index (κ1) is 21.9. The lowest BCUT2D eigenvalue weighted by Crippen LogP contribution is -2.31. The van der Waals surface area contributed by atoms with Crippen molar-refractivity contribution in [3.63, 3.8) is 0 Å². The smallest absolute Gasteiger partial charge is 0.331 e. The molecule has 1 amide bonds. The molecule has 0 aliphatic rings. The topological polar surface area (TPSA) is 73.9 Å². The van der Waals surface area contributed by atoms with Crippen molar-refractivity contribution in [2.45, 2.75) is 13.0 Å². The van der Waals surface area contributed by atoms with Crippen molar-refractivity contribution in [1.82, 2.24) is 5.32 Å². The van der Waals surface area contributed by atoms with Gasteiger partial charge in [-0.05, 0) is 47.0 Å². The molecule has 1 atom stereocenters. The Morgan fingerprint density at radius 1 is 0.968 bits per heavy atom. The maximum atomic E-state index is 12.3. The number of benzene rings is 3. The largest absolute Gasteiger partial charge is 0.497 e. The van der Waals surface area contributed by atoms with E-state index in [9.17, 15) is 9.59 Å². The fraction of sp³-hybridized carbons (Fsp3) is 0.200. The number of hydrogen-bond acceptors (Lipinski definition) is 5. The van der Waals surface area contributed by atoms with Crippen LogP contribution in [0.2, 0.25) is 0 Å². The van der Waals surface area contributed by atoms with Gasteiger partial charge in [0.15, 0.2) is 6.61 Å². The Morgan fingerprint density at radius 2 is 1.65 bits per heavy atom. The molecule has 0 unspecified atom stereocenters. The summed E-state index contributed by atoms with van der Waals surface area (Å²) in [7, 11) is 3.10. The van der Waals surface area contributed by atoms with E-state index in [0.29, 0.717) is 17.1 Å². The summed E-state index contributed by atoms with van der Waals surface area (Å²) in [6.45, 7) is 1.54. The van der Waals surface area contributed by atoms with Gasteiger partial charge < -0.3 is 19.5 Å². The third-order valence-corrected chi connectivity index (χ3v) is 4.80. The van der Waals surface area contributed by atoms with Crippen LogP contribution in [0.15, 0.2) is 66.7 Å². The summed E-state index contributed by atoms with van der Waals surface area (Å²) in [6.07, 6.45) is 2.83. The van der Waals surface area contributed by atoms with Crippen LogP contribution in [0.25, 0.3) is 16.8 Å². The van der Waals surface area contributed by atoms with Crippen LogP contribution in [0.4, 0.5) is 0 Å². The van der Waals surface area contributed by atoms with Gasteiger partial charge >= 0.3 is 5.97 Å². The van der Waals surface area contributed by atoms with Crippen molar-refractivity contribution in [1.29, 1.82) is 0 Å². The van der Waals surface area contributed by atoms with Gasteiger partial charge in [-0.25, -0.2) is 4.79 Å². The van der Waals surface area contributed by atoms with Gasteiger partial charge in [-0.1, -0.05) is 42.5 Å². The Balaban J connectivity index is 1.55. The number of carbonyl (C=O) groups excluding carboxylic acids is 2. The molecule has 0 aromatic heterocycles. The van der Waals surface area contributed by atoms with Crippen molar-refractivity contribution in [3.05, 3.63) is 77.9 Å². The maximum Gasteiger partial charge on any atom is 0.331 e. The molecule has 0 fully saturated rings. The van der Waals surface area contributed by atoms with Gasteiger partial charge in [-0.15, -0.1) is 0 Å². The number of ether oxygens (including phenoxy) is 3. The molecule has 3 aromatic carbocycles. The van der Waals surface area contributed by atoms with E-state index in [2.05, 4.69) is 5.32 Å². The fourth-order valence-corrected chi connectivity index (χ4v) is 3.26. The van der Waals surface area contributed by atoms with Gasteiger partial charge in [-0.2, -0.15) is 0 Å². The molecule has 6 nitrogen and oxygen atoms in total. The quantitative estimate of drug-likeness (QED) is 0.436. The Kier molecular flexibility index (Phi) is 7.27. The van der Waals surface area contributed by atoms with Crippen molar-refractivity contribution in [2.75, 3.05) is 20.8 Å². The number of esters is 1. The molecular weight excluding hydrogens is 394 g/mol. The van der Waals surface area contributed by atoms with Gasteiger partial charge in [0.05, 0.1) is 20.3 Å². The summed E-state index contributed by atoms with van der Waals surface area (Å²) < 4.78 is 15.5. The molecule has 0 aliphatic carbocycles. The number of nitrogens with one attached hydrogen (secondary N) is 1. The van der Waals surface area contributed by atoms with Gasteiger partial charge in [0, 0.05) is 12.1 Å². The molecule has 0 saturated carbocycles. The molecule has 0 spiro atoms. The first-order valence-corrected chi connectivity index (χ1v) is 9.85. The van der Waals surface area contributed by atoms with Gasteiger partial charge in [0.2, 0.25) is 0 Å². The molecule has 3 aromatic rings. The first-order chi connectivity index (χ1) is 15.0. The van der Waals surface area contributed by atoms with Crippen LogP contribution in [0.1, 0.15) is 24.1 Å². The van der Waals surface area contributed by atoms with Crippen LogP contribution in [0.3, 0.4) is 0 Å². The molecule has 0 bridgehead atoms. The SMILES string of the molecule is COc1cc(/C=C/C(=O)OCC(=O)N[C@@H](C)c2cccc3ccccc23)cc(OC)c1. The molecule has 0 radical (unpaired) electrons. The zero-order valence-corrected chi connectivity index (χ0v) is 17.8. The van der Waals surface area contributed by atoms with E-state index >= 15 is 0 Å². The third kappa shape index (κ3) is 5.85. The predicted molar refractivity (Wildman–Crippen MR) is 120 cm³/mol. The summed E-state index contributed by atoms with van der Waals surface area (Å²) in [5.41, 5.74) is 1.71. The first-order valence-electron chi connectivity index (χ1n) is 9.85. The standard InChI is InChI=1S/C25H25NO5/c1-17(22-10-6-8-19-7-4-5-9-23(19)22)26-24(27)16-31-25(28)12-11-18-13-20(29-2)15-21(14-18)30-3/h4-15,17H,16H2,1-3H3,(H,26,27)/b12-11+/t17-/m0/s1. The molecule has 3 rings (SSSR count). The second-order valence-corrected chi connectivity index (χ2v) is 6.94. The van der Waals surface area contributed by atoms with E-state index in [4.69, 9.17) is 14.2 Å². The summed E-state index contributed by atoms with van der Waals surface area (Å²) >= 11 is 0. The average Bonchev–Trinajstić information content (AvgIpc) is 2.80. The third-order valence-electron chi connectivity index (χ3n) is 4.80. The Labute approximate surface area is 181 Å². The van der Waals surface area contributed by atoms with Crippen LogP contribution in [0, 0.1) is 0 Å².